The second-order valence-electron chi connectivity index (χ2n) is 8.45. The summed E-state index contributed by atoms with van der Waals surface area (Å²) in [6, 6.07) is 17.2. The molecule has 1 fully saturated rings. The van der Waals surface area contributed by atoms with E-state index in [1.54, 1.807) is 42.5 Å². The maximum Gasteiger partial charge on any atom is 0.296 e. The molecule has 4 rings (SSSR count). The minimum atomic E-state index is -0.747. The van der Waals surface area contributed by atoms with Crippen molar-refractivity contribution in [3.63, 3.8) is 0 Å². The highest BCUT2D eigenvalue weighted by Gasteiger charge is 2.46. The number of aliphatic hydroxyl groups excluding tert-OH is 1. The zero-order valence-electron chi connectivity index (χ0n) is 19.2. The first-order chi connectivity index (χ1) is 16.4. The quantitative estimate of drug-likeness (QED) is 0.206. The van der Waals surface area contributed by atoms with Gasteiger partial charge in [0.25, 0.3) is 11.7 Å². The lowest BCUT2D eigenvalue weighted by Gasteiger charge is -2.25. The predicted molar refractivity (Wildman–Crippen MR) is 129 cm³/mol. The molecule has 1 aliphatic rings. The Bertz CT molecular complexity index is 1200. The zero-order chi connectivity index (χ0) is 24.2. The first kappa shape index (κ1) is 23.1. The number of likely N-dealkylation sites (tertiary alicyclic amines) is 1. The molecule has 1 atom stereocenters. The Hall–Kier alpha value is -4.06. The molecule has 1 saturated heterocycles. The molecule has 6 nitrogen and oxygen atoms in total. The van der Waals surface area contributed by atoms with Crippen LogP contribution in [0, 0.1) is 0 Å². The average Bonchev–Trinajstić information content (AvgIpc) is 3.45. The fraction of sp³-hybridized carbons (Fsp3) is 0.214. The second-order valence-corrected chi connectivity index (χ2v) is 8.45. The molecule has 1 aliphatic heterocycles. The van der Waals surface area contributed by atoms with E-state index in [-0.39, 0.29) is 17.9 Å². The molecule has 0 aliphatic carbocycles. The molecule has 1 amide bonds. The zero-order valence-corrected chi connectivity index (χ0v) is 19.2. The Balaban J connectivity index is 1.78. The van der Waals surface area contributed by atoms with Gasteiger partial charge >= 0.3 is 0 Å². The van der Waals surface area contributed by atoms with Crippen molar-refractivity contribution < 1.29 is 23.8 Å². The van der Waals surface area contributed by atoms with Gasteiger partial charge < -0.3 is 19.2 Å². The highest BCUT2D eigenvalue weighted by Crippen LogP contribution is 2.40. The van der Waals surface area contributed by atoms with Gasteiger partial charge in [-0.1, -0.05) is 50.8 Å². The first-order valence-electron chi connectivity index (χ1n) is 11.2. The van der Waals surface area contributed by atoms with Gasteiger partial charge in [0.1, 0.15) is 23.9 Å². The van der Waals surface area contributed by atoms with E-state index >= 15 is 0 Å². The van der Waals surface area contributed by atoms with Crippen LogP contribution in [0.3, 0.4) is 0 Å². The fourth-order valence-corrected chi connectivity index (χ4v) is 4.04. The smallest absolute Gasteiger partial charge is 0.296 e. The van der Waals surface area contributed by atoms with Crippen LogP contribution in [0.5, 0.6) is 5.75 Å². The lowest BCUT2D eigenvalue weighted by Crippen LogP contribution is -2.29. The van der Waals surface area contributed by atoms with Crippen LogP contribution in [0.15, 0.2) is 89.6 Å². The summed E-state index contributed by atoms with van der Waals surface area (Å²) in [4.78, 5) is 27.7. The van der Waals surface area contributed by atoms with Gasteiger partial charge in [-0.25, -0.2) is 0 Å². The van der Waals surface area contributed by atoms with E-state index in [9.17, 15) is 14.7 Å². The number of ketones is 1. The second kappa shape index (κ2) is 9.83. The summed E-state index contributed by atoms with van der Waals surface area (Å²) in [7, 11) is 0. The number of carbonyl (C=O) groups is 2. The molecule has 3 aromatic rings. The van der Waals surface area contributed by atoms with Gasteiger partial charge in [0.2, 0.25) is 0 Å². The monoisotopic (exact) mass is 457 g/mol. The van der Waals surface area contributed by atoms with Crippen LogP contribution in [0.2, 0.25) is 0 Å². The van der Waals surface area contributed by atoms with E-state index in [0.29, 0.717) is 29.6 Å². The summed E-state index contributed by atoms with van der Waals surface area (Å²) in [5, 5.41) is 11.2. The van der Waals surface area contributed by atoms with E-state index in [0.717, 1.165) is 11.1 Å². The average molecular weight is 458 g/mol. The molecule has 6 heteroatoms. The van der Waals surface area contributed by atoms with Crippen molar-refractivity contribution in [1.82, 2.24) is 4.90 Å². The summed E-state index contributed by atoms with van der Waals surface area (Å²) in [5.74, 6) is -0.139. The van der Waals surface area contributed by atoms with E-state index in [1.165, 1.54) is 11.2 Å². The predicted octanol–water partition coefficient (Wildman–Crippen LogP) is 5.59. The van der Waals surface area contributed by atoms with Crippen LogP contribution < -0.4 is 4.74 Å². The van der Waals surface area contributed by atoms with Gasteiger partial charge in [-0.2, -0.15) is 0 Å². The van der Waals surface area contributed by atoms with Crippen molar-refractivity contribution in [3.8, 4) is 5.75 Å². The van der Waals surface area contributed by atoms with Gasteiger partial charge in [0.15, 0.2) is 0 Å². The van der Waals surface area contributed by atoms with Crippen molar-refractivity contribution in [1.29, 1.82) is 0 Å². The van der Waals surface area contributed by atoms with Crippen molar-refractivity contribution in [2.45, 2.75) is 32.4 Å². The molecule has 174 valence electrons. The van der Waals surface area contributed by atoms with Crippen LogP contribution in [0.1, 0.15) is 48.3 Å². The Kier molecular flexibility index (Phi) is 6.68. The Morgan fingerprint density at radius 1 is 1.12 bits per heavy atom. The largest absolute Gasteiger partial charge is 0.507 e. The molecular weight excluding hydrogens is 430 g/mol. The van der Waals surface area contributed by atoms with Crippen molar-refractivity contribution in [2.75, 3.05) is 6.61 Å². The molecule has 0 spiro atoms. The maximum atomic E-state index is 13.2. The standard InChI is InChI=1S/C28H27NO5/c1-4-15-33-22-13-11-21(12-14-22)26(30)24-25(20-9-7-19(8-10-20)18(2)3)29(28(32)27(24)31)17-23-6-5-16-34-23/h4-14,16,18,25,30H,1,15,17H2,2-3H3/b26-24-. The molecule has 34 heavy (non-hydrogen) atoms. The normalized spacial score (nSPS) is 17.4. The summed E-state index contributed by atoms with van der Waals surface area (Å²) < 4.78 is 10.9. The van der Waals surface area contributed by atoms with Crippen molar-refractivity contribution >= 4 is 17.4 Å². The SMILES string of the molecule is C=CCOc1ccc(/C(O)=C2/C(=O)C(=O)N(Cc3ccco3)C2c2ccc(C(C)C)cc2)cc1. The summed E-state index contributed by atoms with van der Waals surface area (Å²) >= 11 is 0. The molecule has 1 aromatic heterocycles. The van der Waals surface area contributed by atoms with Crippen LogP contribution >= 0.6 is 0 Å². The summed E-state index contributed by atoms with van der Waals surface area (Å²) in [6.45, 7) is 8.28. The third-order valence-corrected chi connectivity index (χ3v) is 5.86. The number of Topliss-reactive ketones (excluding diaryl/α,β-unsaturated/α-hetero) is 1. The molecule has 0 radical (unpaired) electrons. The Morgan fingerprint density at radius 2 is 1.82 bits per heavy atom. The highest BCUT2D eigenvalue weighted by atomic mass is 16.5. The number of aliphatic hydroxyl groups is 1. The number of rotatable bonds is 8. The van der Waals surface area contributed by atoms with E-state index in [1.807, 2.05) is 24.3 Å². The Morgan fingerprint density at radius 3 is 2.41 bits per heavy atom. The minimum Gasteiger partial charge on any atom is -0.507 e. The fourth-order valence-electron chi connectivity index (χ4n) is 4.04. The van der Waals surface area contributed by atoms with Crippen LogP contribution in [0.4, 0.5) is 0 Å². The molecular formula is C28H27NO5. The lowest BCUT2D eigenvalue weighted by atomic mass is 9.93. The molecule has 0 bridgehead atoms. The molecule has 1 unspecified atom stereocenters. The first-order valence-corrected chi connectivity index (χ1v) is 11.2. The summed E-state index contributed by atoms with van der Waals surface area (Å²) in [5.41, 5.74) is 2.35. The number of benzene rings is 2. The molecule has 0 saturated carbocycles. The number of amides is 1. The van der Waals surface area contributed by atoms with Gasteiger partial charge in [0.05, 0.1) is 24.4 Å². The summed E-state index contributed by atoms with van der Waals surface area (Å²) in [6.07, 6.45) is 3.16. The van der Waals surface area contributed by atoms with E-state index in [2.05, 4.69) is 20.4 Å². The van der Waals surface area contributed by atoms with E-state index < -0.39 is 17.7 Å². The van der Waals surface area contributed by atoms with Gasteiger partial charge in [-0.15, -0.1) is 0 Å². The minimum absolute atomic E-state index is 0.0496. The van der Waals surface area contributed by atoms with Crippen LogP contribution in [-0.4, -0.2) is 28.3 Å². The van der Waals surface area contributed by atoms with Crippen LogP contribution in [0.25, 0.3) is 5.76 Å². The Labute approximate surface area is 198 Å². The number of nitrogens with zero attached hydrogens (tertiary/aromatic N) is 1. The third kappa shape index (κ3) is 4.53. The van der Waals surface area contributed by atoms with Crippen LogP contribution in [-0.2, 0) is 16.1 Å². The number of furan rings is 1. The van der Waals surface area contributed by atoms with Gasteiger partial charge in [0, 0.05) is 5.56 Å². The molecule has 1 N–H and O–H groups in total. The lowest BCUT2D eigenvalue weighted by molar-refractivity contribution is -0.140. The van der Waals surface area contributed by atoms with Gasteiger partial charge in [-0.05, 0) is 53.4 Å². The molecule has 2 heterocycles. The number of carbonyl (C=O) groups excluding carboxylic acids is 2. The van der Waals surface area contributed by atoms with E-state index in [4.69, 9.17) is 9.15 Å². The molecule has 2 aromatic carbocycles. The number of hydrogen-bond acceptors (Lipinski definition) is 5. The third-order valence-electron chi connectivity index (χ3n) is 5.86. The van der Waals surface area contributed by atoms with Gasteiger partial charge in [-0.3, -0.25) is 9.59 Å². The maximum absolute atomic E-state index is 13.2. The number of hydrogen-bond donors (Lipinski definition) is 1. The van der Waals surface area contributed by atoms with Crippen molar-refractivity contribution in [2.24, 2.45) is 0 Å². The topological polar surface area (TPSA) is 80.0 Å². The van der Waals surface area contributed by atoms with Crippen molar-refractivity contribution in [3.05, 3.63) is 108 Å². The number of ether oxygens (including phenoxy) is 1. The highest BCUT2D eigenvalue weighted by molar-refractivity contribution is 6.46.